The van der Waals surface area contributed by atoms with Gasteiger partial charge in [0.2, 0.25) is 11.3 Å². The van der Waals surface area contributed by atoms with Gasteiger partial charge in [-0.05, 0) is 12.1 Å². The van der Waals surface area contributed by atoms with Crippen LogP contribution >= 0.6 is 0 Å². The summed E-state index contributed by atoms with van der Waals surface area (Å²) < 4.78 is 0. The van der Waals surface area contributed by atoms with E-state index in [-0.39, 0.29) is 12.6 Å². The van der Waals surface area contributed by atoms with Crippen molar-refractivity contribution in [1.82, 2.24) is 0 Å². The molecular weight excluding hydrogens is 178 g/mol. The summed E-state index contributed by atoms with van der Waals surface area (Å²) in [6.45, 7) is 1.76. The highest BCUT2D eigenvalue weighted by atomic mass is 16.2. The fourth-order valence-electron chi connectivity index (χ4n) is 1.17. The summed E-state index contributed by atoms with van der Waals surface area (Å²) in [5.74, 6) is -0.0611. The second kappa shape index (κ2) is 4.97. The monoisotopic (exact) mass is 190 g/mol. The molecule has 0 atom stereocenters. The maximum Gasteiger partial charge on any atom is 0.387 e. The number of hydrogen-bond donors (Lipinski definition) is 0. The first-order chi connectivity index (χ1) is 6.79. The molecule has 4 nitrogen and oxygen atoms in total. The van der Waals surface area contributed by atoms with Crippen LogP contribution in [0.3, 0.4) is 0 Å². The summed E-state index contributed by atoms with van der Waals surface area (Å²) in [7, 11) is 0. The van der Waals surface area contributed by atoms with Crippen LogP contribution in [0.25, 0.3) is 4.98 Å². The number of anilines is 1. The number of diazo groups is 1. The molecule has 1 aromatic carbocycles. The van der Waals surface area contributed by atoms with Gasteiger partial charge < -0.3 is 0 Å². The van der Waals surface area contributed by atoms with Gasteiger partial charge in [-0.3, -0.25) is 4.79 Å². The first-order valence-electron chi connectivity index (χ1n) is 4.46. The Morgan fingerprint density at radius 3 is 2.57 bits per heavy atom. The highest BCUT2D eigenvalue weighted by Gasteiger charge is 2.18. The topological polar surface area (TPSA) is 48.5 Å². The summed E-state index contributed by atoms with van der Waals surface area (Å²) in [5.41, 5.74) is 0.747. The van der Waals surface area contributed by atoms with Crippen LogP contribution in [0.1, 0.15) is 13.3 Å². The normalized spacial score (nSPS) is 9.14. The van der Waals surface area contributed by atoms with Crippen molar-refractivity contribution in [1.29, 1.82) is 5.39 Å². The van der Waals surface area contributed by atoms with Gasteiger partial charge in [0.25, 0.3) is 0 Å². The predicted octanol–water partition coefficient (Wildman–Crippen LogP) is 2.24. The van der Waals surface area contributed by atoms with Crippen LogP contribution in [0.15, 0.2) is 30.3 Å². The Labute approximate surface area is 82.8 Å². The third-order valence-corrected chi connectivity index (χ3v) is 1.88. The SMILES string of the molecule is CCC(=O)N(C[N+]#N)c1ccccc1. The fourth-order valence-corrected chi connectivity index (χ4v) is 1.17. The Bertz CT molecular complexity index is 342. The summed E-state index contributed by atoms with van der Waals surface area (Å²) in [6, 6.07) is 9.15. The molecule has 0 saturated heterocycles. The van der Waals surface area contributed by atoms with Gasteiger partial charge >= 0.3 is 6.67 Å². The maximum atomic E-state index is 11.5. The zero-order chi connectivity index (χ0) is 10.4. The molecule has 14 heavy (non-hydrogen) atoms. The highest BCUT2D eigenvalue weighted by molar-refractivity contribution is 5.93. The Balaban J connectivity index is 2.90. The van der Waals surface area contributed by atoms with Crippen molar-refractivity contribution in [2.45, 2.75) is 13.3 Å². The minimum absolute atomic E-state index is 0.0172. The second-order valence-corrected chi connectivity index (χ2v) is 2.79. The van der Waals surface area contributed by atoms with Crippen molar-refractivity contribution >= 4 is 11.6 Å². The van der Waals surface area contributed by atoms with E-state index in [9.17, 15) is 4.79 Å². The standard InChI is InChI=1S/C10H12N3O/c1-2-10(14)13(8-12-11)9-6-4-3-5-7-9/h3-7H,2,8H2,1H3/q+1. The lowest BCUT2D eigenvalue weighted by Gasteiger charge is -2.13. The third-order valence-electron chi connectivity index (χ3n) is 1.88. The van der Waals surface area contributed by atoms with Crippen LogP contribution in [0.4, 0.5) is 5.69 Å². The zero-order valence-corrected chi connectivity index (χ0v) is 8.05. The van der Waals surface area contributed by atoms with E-state index in [1.807, 2.05) is 18.2 Å². The van der Waals surface area contributed by atoms with E-state index in [1.165, 1.54) is 4.90 Å². The van der Waals surface area contributed by atoms with Crippen molar-refractivity contribution in [3.63, 3.8) is 0 Å². The van der Waals surface area contributed by atoms with Gasteiger partial charge in [0.15, 0.2) is 0 Å². The maximum absolute atomic E-state index is 11.5. The molecule has 0 saturated carbocycles. The first-order valence-corrected chi connectivity index (χ1v) is 4.46. The third kappa shape index (κ3) is 2.30. The van der Waals surface area contributed by atoms with E-state index >= 15 is 0 Å². The predicted molar refractivity (Wildman–Crippen MR) is 54.2 cm³/mol. The molecule has 4 heteroatoms. The van der Waals surface area contributed by atoms with E-state index in [4.69, 9.17) is 5.39 Å². The quantitative estimate of drug-likeness (QED) is 0.686. The molecule has 0 aliphatic rings. The van der Waals surface area contributed by atoms with Gasteiger partial charge in [-0.1, -0.05) is 25.1 Å². The lowest BCUT2D eigenvalue weighted by molar-refractivity contribution is -0.118. The van der Waals surface area contributed by atoms with Crippen molar-refractivity contribution < 1.29 is 4.79 Å². The van der Waals surface area contributed by atoms with Crippen LogP contribution in [-0.4, -0.2) is 12.6 Å². The zero-order valence-electron chi connectivity index (χ0n) is 8.05. The molecule has 0 aliphatic carbocycles. The molecule has 0 N–H and O–H groups in total. The van der Waals surface area contributed by atoms with Crippen LogP contribution in [0, 0.1) is 5.39 Å². The molecule has 0 unspecified atom stereocenters. The van der Waals surface area contributed by atoms with Gasteiger partial charge in [-0.2, -0.15) is 0 Å². The van der Waals surface area contributed by atoms with Crippen molar-refractivity contribution in [3.8, 4) is 0 Å². The first kappa shape index (κ1) is 10.2. The van der Waals surface area contributed by atoms with E-state index in [1.54, 1.807) is 19.1 Å². The smallest absolute Gasteiger partial charge is 0.274 e. The number of benzene rings is 1. The number of hydrogen-bond acceptors (Lipinski definition) is 2. The molecule has 0 radical (unpaired) electrons. The lowest BCUT2D eigenvalue weighted by Crippen LogP contribution is -2.29. The summed E-state index contributed by atoms with van der Waals surface area (Å²) in [4.78, 5) is 15.9. The molecule has 0 fully saturated rings. The molecule has 0 aromatic heterocycles. The highest BCUT2D eigenvalue weighted by Crippen LogP contribution is 2.13. The molecule has 72 valence electrons. The van der Waals surface area contributed by atoms with Crippen LogP contribution < -0.4 is 4.90 Å². The number of amides is 1. The molecule has 1 amide bonds. The number of nitrogens with zero attached hydrogens (tertiary/aromatic N) is 3. The van der Waals surface area contributed by atoms with Crippen LogP contribution in [0.2, 0.25) is 0 Å². The number of carbonyl (C=O) groups is 1. The molecule has 0 bridgehead atoms. The number of carbonyl (C=O) groups excluding carboxylic acids is 1. The number of para-hydroxylation sites is 1. The van der Waals surface area contributed by atoms with Gasteiger partial charge in [0.05, 0.1) is 5.69 Å². The van der Waals surface area contributed by atoms with E-state index in [0.29, 0.717) is 6.42 Å². The lowest BCUT2D eigenvalue weighted by atomic mass is 10.3. The molecule has 0 spiro atoms. The molecule has 0 aliphatic heterocycles. The Morgan fingerprint density at radius 2 is 2.07 bits per heavy atom. The average Bonchev–Trinajstić information content (AvgIpc) is 2.26. The van der Waals surface area contributed by atoms with Crippen LogP contribution in [-0.2, 0) is 4.79 Å². The minimum atomic E-state index is -0.0611. The van der Waals surface area contributed by atoms with Crippen molar-refractivity contribution in [2.75, 3.05) is 11.6 Å². The van der Waals surface area contributed by atoms with Gasteiger partial charge in [0.1, 0.15) is 4.98 Å². The molecule has 1 aromatic rings. The minimum Gasteiger partial charge on any atom is -0.274 e. The van der Waals surface area contributed by atoms with E-state index in [0.717, 1.165) is 5.69 Å². The van der Waals surface area contributed by atoms with E-state index in [2.05, 4.69) is 4.98 Å². The second-order valence-electron chi connectivity index (χ2n) is 2.79. The van der Waals surface area contributed by atoms with E-state index < -0.39 is 0 Å². The summed E-state index contributed by atoms with van der Waals surface area (Å²) >= 11 is 0. The van der Waals surface area contributed by atoms with Gasteiger partial charge in [-0.15, -0.1) is 0 Å². The molecule has 1 rings (SSSR count). The Hall–Kier alpha value is -1.89. The summed E-state index contributed by atoms with van der Waals surface area (Å²) in [5, 5.41) is 8.47. The average molecular weight is 190 g/mol. The Morgan fingerprint density at radius 1 is 1.43 bits per heavy atom. The molecular formula is C10H12N3O+. The largest absolute Gasteiger partial charge is 0.387 e. The Kier molecular flexibility index (Phi) is 3.62. The fraction of sp³-hybridized carbons (Fsp3) is 0.300. The van der Waals surface area contributed by atoms with Crippen molar-refractivity contribution in [3.05, 3.63) is 35.3 Å². The summed E-state index contributed by atoms with van der Waals surface area (Å²) in [6.07, 6.45) is 0.393. The molecule has 0 heterocycles. The van der Waals surface area contributed by atoms with Gasteiger partial charge in [-0.25, -0.2) is 4.90 Å². The van der Waals surface area contributed by atoms with Crippen LogP contribution in [0.5, 0.6) is 0 Å². The van der Waals surface area contributed by atoms with Gasteiger partial charge in [0, 0.05) is 6.42 Å². The van der Waals surface area contributed by atoms with Crippen molar-refractivity contribution in [2.24, 2.45) is 0 Å². The number of rotatable bonds is 3.